The molecule has 0 heterocycles. The van der Waals surface area contributed by atoms with E-state index in [0.29, 0.717) is 6.61 Å². The number of hydrogen-bond acceptors (Lipinski definition) is 3. The zero-order chi connectivity index (χ0) is 12.0. The Morgan fingerprint density at radius 1 is 1.50 bits per heavy atom. The summed E-state index contributed by atoms with van der Waals surface area (Å²) in [5.74, 6) is 0.817. The van der Waals surface area contributed by atoms with Crippen LogP contribution in [0.25, 0.3) is 0 Å². The number of aliphatic hydroxyl groups is 1. The van der Waals surface area contributed by atoms with Crippen LogP contribution in [0.2, 0.25) is 0 Å². The van der Waals surface area contributed by atoms with Crippen LogP contribution >= 0.6 is 15.9 Å². The van der Waals surface area contributed by atoms with Crippen LogP contribution in [0.3, 0.4) is 0 Å². The Kier molecular flexibility index (Phi) is 5.80. The van der Waals surface area contributed by atoms with Crippen molar-refractivity contribution < 1.29 is 9.84 Å². The fourth-order valence-corrected chi connectivity index (χ4v) is 1.90. The SMILES string of the molecule is CCNC(C)c1ccc(Br)cc1OCCO. The van der Waals surface area contributed by atoms with Crippen molar-refractivity contribution in [2.24, 2.45) is 0 Å². The first-order valence-electron chi connectivity index (χ1n) is 5.45. The third-order valence-corrected chi connectivity index (χ3v) is 2.79. The number of rotatable bonds is 6. The average Bonchev–Trinajstić information content (AvgIpc) is 2.26. The molecule has 0 aliphatic carbocycles. The number of halogens is 1. The summed E-state index contributed by atoms with van der Waals surface area (Å²) in [4.78, 5) is 0. The molecule has 0 aromatic heterocycles. The molecule has 1 atom stereocenters. The second-order valence-electron chi connectivity index (χ2n) is 3.53. The second kappa shape index (κ2) is 6.89. The van der Waals surface area contributed by atoms with Gasteiger partial charge in [0.25, 0.3) is 0 Å². The molecule has 0 aliphatic rings. The van der Waals surface area contributed by atoms with Crippen LogP contribution in [-0.2, 0) is 0 Å². The van der Waals surface area contributed by atoms with Gasteiger partial charge in [0.15, 0.2) is 0 Å². The van der Waals surface area contributed by atoms with Crippen molar-refractivity contribution >= 4 is 15.9 Å². The van der Waals surface area contributed by atoms with E-state index in [2.05, 4.69) is 35.1 Å². The lowest BCUT2D eigenvalue weighted by Gasteiger charge is -2.17. The van der Waals surface area contributed by atoms with E-state index < -0.39 is 0 Å². The molecule has 0 bridgehead atoms. The number of benzene rings is 1. The molecule has 4 heteroatoms. The highest BCUT2D eigenvalue weighted by Crippen LogP contribution is 2.28. The maximum atomic E-state index is 8.78. The number of aliphatic hydroxyl groups excluding tert-OH is 1. The topological polar surface area (TPSA) is 41.5 Å². The largest absolute Gasteiger partial charge is 0.491 e. The van der Waals surface area contributed by atoms with E-state index in [1.807, 2.05) is 18.2 Å². The smallest absolute Gasteiger partial charge is 0.125 e. The normalized spacial score (nSPS) is 12.5. The standard InChI is InChI=1S/C12H18BrNO2/c1-3-14-9(2)11-5-4-10(13)8-12(11)16-7-6-15/h4-5,8-9,14-15H,3,6-7H2,1-2H3. The molecule has 1 aromatic rings. The highest BCUT2D eigenvalue weighted by Gasteiger charge is 2.11. The summed E-state index contributed by atoms with van der Waals surface area (Å²) in [6.07, 6.45) is 0. The Labute approximate surface area is 105 Å². The molecule has 0 spiro atoms. The predicted octanol–water partition coefficient (Wildman–Crippen LogP) is 2.49. The molecular weight excluding hydrogens is 270 g/mol. The summed E-state index contributed by atoms with van der Waals surface area (Å²) >= 11 is 3.41. The molecule has 0 saturated heterocycles. The Bertz CT molecular complexity index is 331. The Hall–Kier alpha value is -0.580. The molecule has 0 saturated carbocycles. The van der Waals surface area contributed by atoms with Crippen molar-refractivity contribution in [3.05, 3.63) is 28.2 Å². The van der Waals surface area contributed by atoms with Crippen LogP contribution in [-0.4, -0.2) is 24.9 Å². The highest BCUT2D eigenvalue weighted by atomic mass is 79.9. The first-order chi connectivity index (χ1) is 7.69. The molecule has 2 N–H and O–H groups in total. The van der Waals surface area contributed by atoms with Crippen LogP contribution in [0.1, 0.15) is 25.5 Å². The molecule has 1 aromatic carbocycles. The second-order valence-corrected chi connectivity index (χ2v) is 4.45. The van der Waals surface area contributed by atoms with E-state index in [1.165, 1.54) is 0 Å². The first kappa shape index (κ1) is 13.5. The van der Waals surface area contributed by atoms with Gasteiger partial charge in [0.1, 0.15) is 12.4 Å². The zero-order valence-corrected chi connectivity index (χ0v) is 11.3. The maximum Gasteiger partial charge on any atom is 0.125 e. The van der Waals surface area contributed by atoms with Crippen molar-refractivity contribution in [1.82, 2.24) is 5.32 Å². The summed E-state index contributed by atoms with van der Waals surface area (Å²) < 4.78 is 6.49. The molecular formula is C12H18BrNO2. The van der Waals surface area contributed by atoms with Crippen molar-refractivity contribution in [1.29, 1.82) is 0 Å². The van der Waals surface area contributed by atoms with Crippen LogP contribution in [0, 0.1) is 0 Å². The molecule has 0 amide bonds. The Morgan fingerprint density at radius 2 is 2.25 bits per heavy atom. The fraction of sp³-hybridized carbons (Fsp3) is 0.500. The lowest BCUT2D eigenvalue weighted by molar-refractivity contribution is 0.199. The molecule has 0 aliphatic heterocycles. The summed E-state index contributed by atoms with van der Waals surface area (Å²) in [7, 11) is 0. The minimum atomic E-state index is 0.0293. The zero-order valence-electron chi connectivity index (χ0n) is 9.66. The highest BCUT2D eigenvalue weighted by molar-refractivity contribution is 9.10. The van der Waals surface area contributed by atoms with E-state index in [-0.39, 0.29) is 12.6 Å². The van der Waals surface area contributed by atoms with Gasteiger partial charge < -0.3 is 15.2 Å². The van der Waals surface area contributed by atoms with Crippen molar-refractivity contribution in [2.45, 2.75) is 19.9 Å². The lowest BCUT2D eigenvalue weighted by Crippen LogP contribution is -2.18. The van der Waals surface area contributed by atoms with E-state index in [1.54, 1.807) is 0 Å². The molecule has 1 rings (SSSR count). The van der Waals surface area contributed by atoms with Crippen molar-refractivity contribution in [2.75, 3.05) is 19.8 Å². The van der Waals surface area contributed by atoms with E-state index in [0.717, 1.165) is 22.3 Å². The molecule has 0 radical (unpaired) electrons. The van der Waals surface area contributed by atoms with E-state index in [9.17, 15) is 0 Å². The van der Waals surface area contributed by atoms with Crippen LogP contribution < -0.4 is 10.1 Å². The summed E-state index contributed by atoms with van der Waals surface area (Å²) in [6, 6.07) is 6.20. The van der Waals surface area contributed by atoms with Gasteiger partial charge >= 0.3 is 0 Å². The summed E-state index contributed by atoms with van der Waals surface area (Å²) in [6.45, 7) is 5.43. The quantitative estimate of drug-likeness (QED) is 0.845. The molecule has 3 nitrogen and oxygen atoms in total. The minimum absolute atomic E-state index is 0.0293. The van der Waals surface area contributed by atoms with Gasteiger partial charge in [0, 0.05) is 16.1 Å². The third-order valence-electron chi connectivity index (χ3n) is 2.30. The van der Waals surface area contributed by atoms with Gasteiger partial charge in [-0.15, -0.1) is 0 Å². The first-order valence-corrected chi connectivity index (χ1v) is 6.24. The molecule has 16 heavy (non-hydrogen) atoms. The number of ether oxygens (including phenoxy) is 1. The van der Waals surface area contributed by atoms with E-state index >= 15 is 0 Å². The van der Waals surface area contributed by atoms with Gasteiger partial charge in [-0.05, 0) is 25.6 Å². The Balaban J connectivity index is 2.88. The van der Waals surface area contributed by atoms with Crippen LogP contribution in [0.15, 0.2) is 22.7 Å². The minimum Gasteiger partial charge on any atom is -0.491 e. The van der Waals surface area contributed by atoms with Crippen LogP contribution in [0.4, 0.5) is 0 Å². The van der Waals surface area contributed by atoms with Gasteiger partial charge in [0.2, 0.25) is 0 Å². The van der Waals surface area contributed by atoms with Crippen molar-refractivity contribution in [3.63, 3.8) is 0 Å². The van der Waals surface area contributed by atoms with Gasteiger partial charge in [-0.3, -0.25) is 0 Å². The Morgan fingerprint density at radius 3 is 2.88 bits per heavy atom. The predicted molar refractivity (Wildman–Crippen MR) is 68.8 cm³/mol. The number of nitrogens with one attached hydrogen (secondary N) is 1. The average molecular weight is 288 g/mol. The van der Waals surface area contributed by atoms with Crippen LogP contribution in [0.5, 0.6) is 5.75 Å². The summed E-state index contributed by atoms with van der Waals surface area (Å²) in [5, 5.41) is 12.1. The van der Waals surface area contributed by atoms with Gasteiger partial charge in [-0.2, -0.15) is 0 Å². The lowest BCUT2D eigenvalue weighted by atomic mass is 10.1. The van der Waals surface area contributed by atoms with Gasteiger partial charge in [-0.25, -0.2) is 0 Å². The monoisotopic (exact) mass is 287 g/mol. The summed E-state index contributed by atoms with van der Waals surface area (Å²) in [5.41, 5.74) is 1.11. The molecule has 1 unspecified atom stereocenters. The maximum absolute atomic E-state index is 8.78. The molecule has 0 fully saturated rings. The van der Waals surface area contributed by atoms with Gasteiger partial charge in [-0.1, -0.05) is 28.9 Å². The third kappa shape index (κ3) is 3.77. The van der Waals surface area contributed by atoms with Gasteiger partial charge in [0.05, 0.1) is 6.61 Å². The fourth-order valence-electron chi connectivity index (χ4n) is 1.56. The van der Waals surface area contributed by atoms with Crippen molar-refractivity contribution in [3.8, 4) is 5.75 Å². The molecule has 90 valence electrons. The van der Waals surface area contributed by atoms with E-state index in [4.69, 9.17) is 9.84 Å². The number of hydrogen-bond donors (Lipinski definition) is 2.